The summed E-state index contributed by atoms with van der Waals surface area (Å²) in [6.07, 6.45) is 8.44. The van der Waals surface area contributed by atoms with Gasteiger partial charge in [0.25, 0.3) is 0 Å². The molecule has 174 valence electrons. The smallest absolute Gasteiger partial charge is 0.247 e. The van der Waals surface area contributed by atoms with Gasteiger partial charge in [0.2, 0.25) is 17.7 Å². The van der Waals surface area contributed by atoms with Crippen LogP contribution in [-0.2, 0) is 20.9 Å². The number of carbonyl (C=O) groups is 3. The number of aliphatic hydroxyl groups is 1. The van der Waals surface area contributed by atoms with Crippen molar-refractivity contribution < 1.29 is 19.5 Å². The molecular weight excluding hydrogens is 438 g/mol. The second kappa shape index (κ2) is 8.65. The van der Waals surface area contributed by atoms with Crippen LogP contribution in [0.5, 0.6) is 0 Å². The normalized spacial score (nSPS) is 33.2. The highest BCUT2D eigenvalue weighted by atomic mass is 32.2. The molecule has 4 aliphatic heterocycles. The Kier molecular flexibility index (Phi) is 5.82. The van der Waals surface area contributed by atoms with Gasteiger partial charge in [-0.05, 0) is 12.0 Å². The third-order valence-corrected chi connectivity index (χ3v) is 8.96. The van der Waals surface area contributed by atoms with Crippen LogP contribution < -0.4 is 0 Å². The molecule has 0 aromatic heterocycles. The van der Waals surface area contributed by atoms with E-state index in [0.717, 1.165) is 5.56 Å². The molecule has 0 bridgehead atoms. The van der Waals surface area contributed by atoms with E-state index in [0.29, 0.717) is 32.6 Å². The maximum absolute atomic E-state index is 14.0. The summed E-state index contributed by atoms with van der Waals surface area (Å²) >= 11 is 1.59. The van der Waals surface area contributed by atoms with E-state index in [1.807, 2.05) is 54.6 Å². The summed E-state index contributed by atoms with van der Waals surface area (Å²) in [6.45, 7) is 1.69. The van der Waals surface area contributed by atoms with Crippen LogP contribution >= 0.6 is 11.8 Å². The lowest BCUT2D eigenvalue weighted by Crippen LogP contribution is -2.53. The zero-order valence-corrected chi connectivity index (χ0v) is 19.5. The Morgan fingerprint density at radius 3 is 2.61 bits per heavy atom. The third-order valence-electron chi connectivity index (χ3n) is 7.22. The standard InChI is InChI=1S/C25H29N3O4S/c1-26-12-5-10-18-19(22(26)30)20-23(31)28(14-7-15-29)21-24(32)27(13-6-11-25(20,21)33-18)16-17-8-3-2-4-9-17/h2-6,8-11,18-21,29H,7,12-16H2,1H3/t18-,19+,20+,21?,25+/m1/s1. The predicted molar refractivity (Wildman–Crippen MR) is 126 cm³/mol. The molecule has 0 saturated carbocycles. The molecule has 1 N–H and O–H groups in total. The van der Waals surface area contributed by atoms with Crippen molar-refractivity contribution in [1.82, 2.24) is 14.7 Å². The Labute approximate surface area is 198 Å². The summed E-state index contributed by atoms with van der Waals surface area (Å²) in [6, 6.07) is 9.14. The maximum Gasteiger partial charge on any atom is 0.247 e. The van der Waals surface area contributed by atoms with E-state index in [9.17, 15) is 19.5 Å². The third kappa shape index (κ3) is 3.51. The number of benzene rings is 1. The van der Waals surface area contributed by atoms with E-state index >= 15 is 0 Å². The fraction of sp³-hybridized carbons (Fsp3) is 0.480. The number of rotatable bonds is 5. The Morgan fingerprint density at radius 1 is 1.06 bits per heavy atom. The van der Waals surface area contributed by atoms with Crippen molar-refractivity contribution in [1.29, 1.82) is 0 Å². The Hall–Kier alpha value is -2.58. The summed E-state index contributed by atoms with van der Waals surface area (Å²) in [7, 11) is 1.76. The minimum atomic E-state index is -0.789. The monoisotopic (exact) mass is 467 g/mol. The van der Waals surface area contributed by atoms with Gasteiger partial charge < -0.3 is 19.8 Å². The average Bonchev–Trinajstić information content (AvgIpc) is 3.14. The number of aliphatic hydroxyl groups excluding tert-OH is 1. The van der Waals surface area contributed by atoms with Crippen molar-refractivity contribution in [2.75, 3.05) is 33.3 Å². The van der Waals surface area contributed by atoms with E-state index in [1.54, 1.807) is 33.5 Å². The molecule has 7 nitrogen and oxygen atoms in total. The number of carbonyl (C=O) groups excluding carboxylic acids is 3. The van der Waals surface area contributed by atoms with Gasteiger partial charge in [0.05, 0.1) is 16.6 Å². The van der Waals surface area contributed by atoms with Crippen molar-refractivity contribution in [3.05, 3.63) is 60.2 Å². The first kappa shape index (κ1) is 22.2. The summed E-state index contributed by atoms with van der Waals surface area (Å²) in [5, 5.41) is 9.32. The van der Waals surface area contributed by atoms with Gasteiger partial charge in [-0.3, -0.25) is 14.4 Å². The Morgan fingerprint density at radius 2 is 1.85 bits per heavy atom. The van der Waals surface area contributed by atoms with Crippen LogP contribution in [-0.4, -0.2) is 86.9 Å². The van der Waals surface area contributed by atoms with Gasteiger partial charge >= 0.3 is 0 Å². The summed E-state index contributed by atoms with van der Waals surface area (Å²) < 4.78 is -0.789. The Balaban J connectivity index is 1.56. The summed E-state index contributed by atoms with van der Waals surface area (Å²) in [5.74, 6) is -1.37. The first-order valence-electron chi connectivity index (χ1n) is 11.5. The van der Waals surface area contributed by atoms with Gasteiger partial charge in [0.15, 0.2) is 0 Å². The lowest BCUT2D eigenvalue weighted by molar-refractivity contribution is -0.144. The number of likely N-dealkylation sites (tertiary alicyclic amines) is 1. The van der Waals surface area contributed by atoms with Gasteiger partial charge in [-0.2, -0.15) is 0 Å². The molecule has 5 rings (SSSR count). The fourth-order valence-corrected chi connectivity index (χ4v) is 7.74. The van der Waals surface area contributed by atoms with Gasteiger partial charge in [-0.1, -0.05) is 54.6 Å². The molecule has 2 saturated heterocycles. The second-order valence-electron chi connectivity index (χ2n) is 9.20. The molecule has 1 aromatic rings. The van der Waals surface area contributed by atoms with Crippen molar-refractivity contribution in [2.24, 2.45) is 11.8 Å². The lowest BCUT2D eigenvalue weighted by atomic mass is 9.78. The SMILES string of the molecule is CN1CC=C[C@H]2S[C@]34C=CCN(Cc5ccccc5)C(=O)C3N(CCCO)C(=O)[C@@H]4[C@H]2C1=O. The minimum absolute atomic E-state index is 0.0401. The molecule has 1 unspecified atom stereocenters. The maximum atomic E-state index is 14.0. The number of fused-ring (bicyclic) bond motifs is 2. The molecule has 3 amide bonds. The summed E-state index contributed by atoms with van der Waals surface area (Å²) in [4.78, 5) is 46.3. The van der Waals surface area contributed by atoms with Crippen molar-refractivity contribution >= 4 is 29.5 Å². The second-order valence-corrected chi connectivity index (χ2v) is 10.7. The van der Waals surface area contributed by atoms with Gasteiger partial charge in [-0.15, -0.1) is 11.8 Å². The van der Waals surface area contributed by atoms with E-state index in [2.05, 4.69) is 0 Å². The van der Waals surface area contributed by atoms with Crippen LogP contribution in [0.25, 0.3) is 0 Å². The Bertz CT molecular complexity index is 1010. The van der Waals surface area contributed by atoms with Gasteiger partial charge in [0, 0.05) is 45.1 Å². The van der Waals surface area contributed by atoms with Gasteiger partial charge in [0.1, 0.15) is 6.04 Å². The minimum Gasteiger partial charge on any atom is -0.396 e. The topological polar surface area (TPSA) is 81.2 Å². The quantitative estimate of drug-likeness (QED) is 0.660. The van der Waals surface area contributed by atoms with Gasteiger partial charge in [-0.25, -0.2) is 0 Å². The molecule has 0 aliphatic carbocycles. The lowest BCUT2D eigenvalue weighted by Gasteiger charge is -2.35. The van der Waals surface area contributed by atoms with E-state index in [1.165, 1.54) is 0 Å². The highest BCUT2D eigenvalue weighted by molar-refractivity contribution is 8.02. The van der Waals surface area contributed by atoms with Crippen LogP contribution in [0.3, 0.4) is 0 Å². The molecular formula is C25H29N3O4S. The molecule has 0 radical (unpaired) electrons. The average molecular weight is 468 g/mol. The highest BCUT2D eigenvalue weighted by Crippen LogP contribution is 2.61. The predicted octanol–water partition coefficient (Wildman–Crippen LogP) is 1.29. The van der Waals surface area contributed by atoms with Crippen LogP contribution in [0.4, 0.5) is 0 Å². The molecule has 8 heteroatoms. The van der Waals surface area contributed by atoms with Crippen LogP contribution in [0.2, 0.25) is 0 Å². The molecule has 33 heavy (non-hydrogen) atoms. The highest BCUT2D eigenvalue weighted by Gasteiger charge is 2.70. The van der Waals surface area contributed by atoms with Crippen LogP contribution in [0.1, 0.15) is 12.0 Å². The summed E-state index contributed by atoms with van der Waals surface area (Å²) in [5.41, 5.74) is 1.03. The molecule has 1 aromatic carbocycles. The van der Waals surface area contributed by atoms with Crippen molar-refractivity contribution in [3.63, 3.8) is 0 Å². The first-order chi connectivity index (χ1) is 16.0. The van der Waals surface area contributed by atoms with Crippen LogP contribution in [0, 0.1) is 11.8 Å². The van der Waals surface area contributed by atoms with Crippen molar-refractivity contribution in [2.45, 2.75) is 29.0 Å². The van der Waals surface area contributed by atoms with E-state index < -0.39 is 22.6 Å². The molecule has 5 atom stereocenters. The zero-order valence-electron chi connectivity index (χ0n) is 18.7. The number of thioether (sulfide) groups is 1. The first-order valence-corrected chi connectivity index (χ1v) is 12.4. The molecule has 4 aliphatic rings. The number of hydrogen-bond donors (Lipinski definition) is 1. The molecule has 1 spiro atoms. The number of likely N-dealkylation sites (N-methyl/N-ethyl adjacent to an activating group) is 1. The van der Waals surface area contributed by atoms with Crippen molar-refractivity contribution in [3.8, 4) is 0 Å². The van der Waals surface area contributed by atoms with E-state index in [-0.39, 0.29) is 29.6 Å². The number of amides is 3. The van der Waals surface area contributed by atoms with Crippen LogP contribution in [0.15, 0.2) is 54.6 Å². The molecule has 2 fully saturated rings. The zero-order chi connectivity index (χ0) is 23.2. The fourth-order valence-electron chi connectivity index (χ4n) is 5.74. The number of hydrogen-bond acceptors (Lipinski definition) is 5. The van der Waals surface area contributed by atoms with E-state index in [4.69, 9.17) is 0 Å². The largest absolute Gasteiger partial charge is 0.396 e. The number of nitrogens with zero attached hydrogens (tertiary/aromatic N) is 3. The molecule has 4 heterocycles.